The maximum Gasteiger partial charge on any atom is 0.238 e. The molecule has 1 heterocycles. The van der Waals surface area contributed by atoms with Gasteiger partial charge in [-0.15, -0.1) is 0 Å². The first-order valence-electron chi connectivity index (χ1n) is 5.50. The van der Waals surface area contributed by atoms with Gasteiger partial charge in [0.25, 0.3) is 0 Å². The summed E-state index contributed by atoms with van der Waals surface area (Å²) in [5, 5.41) is 0. The van der Waals surface area contributed by atoms with Crippen LogP contribution in [0.25, 0.3) is 0 Å². The number of nitrogens with two attached hydrogens (primary N) is 1. The molecule has 0 amide bonds. The number of benzene rings is 1. The highest BCUT2D eigenvalue weighted by molar-refractivity contribution is 9.10. The van der Waals surface area contributed by atoms with Gasteiger partial charge in [-0.3, -0.25) is 0 Å². The Bertz CT molecular complexity index is 599. The summed E-state index contributed by atoms with van der Waals surface area (Å²) in [5.41, 5.74) is 9.11. The molecule has 2 N–H and O–H groups in total. The SMILES string of the molecule is Cc1cc(C)c(C)c(Oc2ncnc(N)c2Br)c1. The molecule has 0 saturated heterocycles. The highest BCUT2D eigenvalue weighted by Gasteiger charge is 2.11. The molecular weight excluding hydrogens is 294 g/mol. The molecule has 0 aliphatic heterocycles. The molecule has 94 valence electrons. The molecule has 18 heavy (non-hydrogen) atoms. The van der Waals surface area contributed by atoms with E-state index in [0.29, 0.717) is 16.2 Å². The van der Waals surface area contributed by atoms with Gasteiger partial charge in [0.1, 0.15) is 22.4 Å². The molecule has 0 spiro atoms. The van der Waals surface area contributed by atoms with Crippen LogP contribution < -0.4 is 10.5 Å². The Morgan fingerprint density at radius 3 is 2.61 bits per heavy atom. The number of rotatable bonds is 2. The van der Waals surface area contributed by atoms with Crippen molar-refractivity contribution < 1.29 is 4.74 Å². The van der Waals surface area contributed by atoms with Crippen LogP contribution in [0, 0.1) is 20.8 Å². The van der Waals surface area contributed by atoms with Crippen LogP contribution in [0.5, 0.6) is 11.6 Å². The molecule has 0 bridgehead atoms. The Labute approximate surface area is 114 Å². The average molecular weight is 308 g/mol. The number of aryl methyl sites for hydroxylation is 2. The van der Waals surface area contributed by atoms with Gasteiger partial charge in [0.2, 0.25) is 5.88 Å². The molecule has 2 aromatic rings. The molecule has 0 unspecified atom stereocenters. The number of aromatic nitrogens is 2. The van der Waals surface area contributed by atoms with E-state index in [9.17, 15) is 0 Å². The highest BCUT2D eigenvalue weighted by Crippen LogP contribution is 2.33. The summed E-state index contributed by atoms with van der Waals surface area (Å²) in [7, 11) is 0. The van der Waals surface area contributed by atoms with Crippen molar-refractivity contribution in [2.75, 3.05) is 5.73 Å². The van der Waals surface area contributed by atoms with Crippen molar-refractivity contribution in [3.8, 4) is 11.6 Å². The lowest BCUT2D eigenvalue weighted by molar-refractivity contribution is 0.454. The second kappa shape index (κ2) is 4.94. The largest absolute Gasteiger partial charge is 0.437 e. The van der Waals surface area contributed by atoms with Crippen LogP contribution in [0.3, 0.4) is 0 Å². The van der Waals surface area contributed by atoms with Crippen LogP contribution in [0.1, 0.15) is 16.7 Å². The van der Waals surface area contributed by atoms with Crippen molar-refractivity contribution in [2.24, 2.45) is 0 Å². The van der Waals surface area contributed by atoms with E-state index in [-0.39, 0.29) is 0 Å². The fourth-order valence-electron chi connectivity index (χ4n) is 1.65. The Morgan fingerprint density at radius 1 is 1.17 bits per heavy atom. The number of anilines is 1. The van der Waals surface area contributed by atoms with Crippen molar-refractivity contribution in [1.29, 1.82) is 0 Å². The van der Waals surface area contributed by atoms with Crippen LogP contribution in [0.4, 0.5) is 5.82 Å². The van der Waals surface area contributed by atoms with E-state index in [0.717, 1.165) is 16.9 Å². The van der Waals surface area contributed by atoms with E-state index in [2.05, 4.69) is 38.9 Å². The quantitative estimate of drug-likeness (QED) is 0.922. The van der Waals surface area contributed by atoms with Gasteiger partial charge in [-0.1, -0.05) is 6.07 Å². The summed E-state index contributed by atoms with van der Waals surface area (Å²) in [4.78, 5) is 7.95. The molecule has 1 aromatic heterocycles. The molecule has 4 nitrogen and oxygen atoms in total. The van der Waals surface area contributed by atoms with Crippen LogP contribution in [0.2, 0.25) is 0 Å². The zero-order valence-corrected chi connectivity index (χ0v) is 12.1. The first-order valence-corrected chi connectivity index (χ1v) is 6.30. The summed E-state index contributed by atoms with van der Waals surface area (Å²) < 4.78 is 6.38. The van der Waals surface area contributed by atoms with Gasteiger partial charge in [0.05, 0.1) is 0 Å². The van der Waals surface area contributed by atoms with E-state index < -0.39 is 0 Å². The third kappa shape index (κ3) is 2.46. The van der Waals surface area contributed by atoms with Crippen LogP contribution >= 0.6 is 15.9 Å². The van der Waals surface area contributed by atoms with E-state index in [4.69, 9.17) is 10.5 Å². The molecule has 0 aliphatic rings. The zero-order valence-electron chi connectivity index (χ0n) is 10.5. The van der Waals surface area contributed by atoms with Gasteiger partial charge in [0, 0.05) is 0 Å². The maximum atomic E-state index is 5.80. The van der Waals surface area contributed by atoms with Gasteiger partial charge in [-0.2, -0.15) is 0 Å². The van der Waals surface area contributed by atoms with Crippen molar-refractivity contribution in [3.63, 3.8) is 0 Å². The van der Waals surface area contributed by atoms with E-state index in [1.165, 1.54) is 11.9 Å². The number of nitrogen functional groups attached to an aromatic ring is 1. The second-order valence-electron chi connectivity index (χ2n) is 4.19. The van der Waals surface area contributed by atoms with E-state index >= 15 is 0 Å². The molecule has 0 fully saturated rings. The lowest BCUT2D eigenvalue weighted by atomic mass is 10.1. The molecule has 0 atom stereocenters. The van der Waals surface area contributed by atoms with Crippen LogP contribution in [-0.4, -0.2) is 9.97 Å². The van der Waals surface area contributed by atoms with Gasteiger partial charge in [0.15, 0.2) is 0 Å². The number of hydrogen-bond acceptors (Lipinski definition) is 4. The monoisotopic (exact) mass is 307 g/mol. The van der Waals surface area contributed by atoms with Gasteiger partial charge < -0.3 is 10.5 Å². The molecular formula is C13H14BrN3O. The lowest BCUT2D eigenvalue weighted by Gasteiger charge is -2.12. The minimum absolute atomic E-state index is 0.363. The van der Waals surface area contributed by atoms with Crippen LogP contribution in [0.15, 0.2) is 22.9 Å². The molecule has 2 rings (SSSR count). The maximum absolute atomic E-state index is 5.80. The Hall–Kier alpha value is -1.62. The number of ether oxygens (including phenoxy) is 1. The van der Waals surface area contributed by atoms with Gasteiger partial charge >= 0.3 is 0 Å². The fourth-order valence-corrected chi connectivity index (χ4v) is 1.93. The molecule has 0 saturated carbocycles. The van der Waals surface area contributed by atoms with Crippen molar-refractivity contribution >= 4 is 21.7 Å². The van der Waals surface area contributed by atoms with Crippen molar-refractivity contribution in [1.82, 2.24) is 9.97 Å². The average Bonchev–Trinajstić information content (AvgIpc) is 2.31. The van der Waals surface area contributed by atoms with Gasteiger partial charge in [-0.05, 0) is 59.5 Å². The van der Waals surface area contributed by atoms with Crippen molar-refractivity contribution in [3.05, 3.63) is 39.6 Å². The standard InChI is InChI=1S/C13H14BrN3O/c1-7-4-8(2)9(3)10(5-7)18-13-11(14)12(15)16-6-17-13/h4-6H,1-3H3,(H2,15,16,17). The Morgan fingerprint density at radius 2 is 1.89 bits per heavy atom. The zero-order chi connectivity index (χ0) is 13.3. The Balaban J connectivity index is 2.43. The molecule has 1 aromatic carbocycles. The lowest BCUT2D eigenvalue weighted by Crippen LogP contribution is -1.98. The second-order valence-corrected chi connectivity index (χ2v) is 4.98. The first kappa shape index (κ1) is 12.8. The summed E-state index contributed by atoms with van der Waals surface area (Å²) in [5.74, 6) is 1.57. The number of halogens is 1. The number of hydrogen-bond donors (Lipinski definition) is 1. The first-order chi connectivity index (χ1) is 8.49. The molecule has 5 heteroatoms. The normalized spacial score (nSPS) is 10.4. The highest BCUT2D eigenvalue weighted by atomic mass is 79.9. The predicted molar refractivity (Wildman–Crippen MR) is 74.9 cm³/mol. The minimum atomic E-state index is 0.363. The Kier molecular flexibility index (Phi) is 3.52. The smallest absolute Gasteiger partial charge is 0.238 e. The summed E-state index contributed by atoms with van der Waals surface area (Å²) in [6.07, 6.45) is 1.38. The third-order valence-corrected chi connectivity index (χ3v) is 3.50. The summed E-state index contributed by atoms with van der Waals surface area (Å²) in [6.45, 7) is 6.10. The predicted octanol–water partition coefficient (Wildman–Crippen LogP) is 3.54. The summed E-state index contributed by atoms with van der Waals surface area (Å²) >= 11 is 3.32. The van der Waals surface area contributed by atoms with Crippen LogP contribution in [-0.2, 0) is 0 Å². The van der Waals surface area contributed by atoms with Gasteiger partial charge in [-0.25, -0.2) is 9.97 Å². The molecule has 0 radical (unpaired) electrons. The topological polar surface area (TPSA) is 61.0 Å². The van der Waals surface area contributed by atoms with Crippen molar-refractivity contribution in [2.45, 2.75) is 20.8 Å². The van der Waals surface area contributed by atoms with E-state index in [1.54, 1.807) is 0 Å². The minimum Gasteiger partial charge on any atom is -0.437 e. The van der Waals surface area contributed by atoms with E-state index in [1.807, 2.05) is 19.9 Å². The summed E-state index contributed by atoms with van der Waals surface area (Å²) in [6, 6.07) is 4.10. The number of nitrogens with zero attached hydrogens (tertiary/aromatic N) is 2. The fraction of sp³-hybridized carbons (Fsp3) is 0.231. The third-order valence-electron chi connectivity index (χ3n) is 2.76. The molecule has 0 aliphatic carbocycles.